The van der Waals surface area contributed by atoms with Crippen LogP contribution < -0.4 is 0 Å². The highest BCUT2D eigenvalue weighted by atomic mass is 16.4. The molecule has 0 amide bonds. The first-order valence-electron chi connectivity index (χ1n) is 7.05. The molecule has 0 bridgehead atoms. The Morgan fingerprint density at radius 1 is 1.09 bits per heavy atom. The van der Waals surface area contributed by atoms with Gasteiger partial charge in [0.2, 0.25) is 0 Å². The molecule has 0 saturated carbocycles. The fourth-order valence-electron chi connectivity index (χ4n) is 2.36. The predicted molar refractivity (Wildman–Crippen MR) is 85.2 cm³/mol. The lowest BCUT2D eigenvalue weighted by Gasteiger charge is -2.06. The molecule has 2 aliphatic rings. The second kappa shape index (κ2) is 5.48. The molecular weight excluding hydrogens is 278 g/mol. The van der Waals surface area contributed by atoms with Gasteiger partial charge in [-0.1, -0.05) is 37.3 Å². The Labute approximate surface area is 127 Å². The highest BCUT2D eigenvalue weighted by molar-refractivity contribution is 5.93. The van der Waals surface area contributed by atoms with Crippen molar-refractivity contribution < 1.29 is 15.0 Å². The Kier molecular flexibility index (Phi) is 3.51. The van der Waals surface area contributed by atoms with Gasteiger partial charge in [-0.25, -0.2) is 9.78 Å². The number of nitrogens with zero attached hydrogens (tertiary/aromatic N) is 1. The van der Waals surface area contributed by atoms with Crippen molar-refractivity contribution >= 4 is 16.9 Å². The third-order valence-electron chi connectivity index (χ3n) is 3.60. The van der Waals surface area contributed by atoms with Gasteiger partial charge in [-0.3, -0.25) is 0 Å². The minimum atomic E-state index is -1.07. The van der Waals surface area contributed by atoms with Crippen LogP contribution in [0, 0.1) is 0 Å². The molecule has 4 rings (SSSR count). The summed E-state index contributed by atoms with van der Waals surface area (Å²) in [5.41, 5.74) is 3.87. The van der Waals surface area contributed by atoms with E-state index in [1.54, 1.807) is 18.2 Å². The van der Waals surface area contributed by atoms with E-state index < -0.39 is 5.97 Å². The Bertz CT molecular complexity index is 854. The van der Waals surface area contributed by atoms with Gasteiger partial charge in [-0.2, -0.15) is 0 Å². The minimum absolute atomic E-state index is 0.00246. The molecule has 2 aliphatic carbocycles. The quantitative estimate of drug-likeness (QED) is 0.588. The molecule has 1 aromatic carbocycles. The molecule has 1 heterocycles. The maximum Gasteiger partial charge on any atom is 0.354 e. The summed E-state index contributed by atoms with van der Waals surface area (Å²) in [5.74, 6) is -1.07. The Hall–Kier alpha value is -2.88. The molecule has 2 aromatic rings. The van der Waals surface area contributed by atoms with Gasteiger partial charge in [0.25, 0.3) is 0 Å². The number of pyridine rings is 1. The summed E-state index contributed by atoms with van der Waals surface area (Å²) in [6, 6.07) is 15.2. The lowest BCUT2D eigenvalue weighted by Crippen LogP contribution is -2.05. The van der Waals surface area contributed by atoms with Gasteiger partial charge < -0.3 is 10.2 Å². The van der Waals surface area contributed by atoms with Crippen molar-refractivity contribution in [2.75, 3.05) is 0 Å². The first-order valence-corrected chi connectivity index (χ1v) is 7.05. The van der Waals surface area contributed by atoms with E-state index in [0.29, 0.717) is 17.5 Å². The zero-order valence-electron chi connectivity index (χ0n) is 12.1. The molecule has 0 atom stereocenters. The zero-order valence-corrected chi connectivity index (χ0v) is 12.1. The molecule has 2 N–H and O–H groups in total. The smallest absolute Gasteiger partial charge is 0.354 e. The zero-order chi connectivity index (χ0) is 15.7. The number of carbonyl (C=O) groups is 1. The van der Waals surface area contributed by atoms with E-state index in [0.717, 1.165) is 5.39 Å². The molecular formula is C18H15NO3. The van der Waals surface area contributed by atoms with E-state index >= 15 is 0 Å². The van der Waals surface area contributed by atoms with Crippen LogP contribution in [-0.4, -0.2) is 21.2 Å². The fraction of sp³-hybridized carbons (Fsp3) is 0.111. The molecule has 0 unspecified atom stereocenters. The third kappa shape index (κ3) is 2.63. The number of phenols is 1. The number of hydrogen-bond donors (Lipinski definition) is 2. The topological polar surface area (TPSA) is 70.4 Å². The van der Waals surface area contributed by atoms with Crippen molar-refractivity contribution in [2.24, 2.45) is 0 Å². The van der Waals surface area contributed by atoms with E-state index in [1.165, 1.54) is 17.2 Å². The maximum absolute atomic E-state index is 11.0. The first kappa shape index (κ1) is 14.1. The molecule has 4 nitrogen and oxygen atoms in total. The van der Waals surface area contributed by atoms with E-state index in [9.17, 15) is 9.90 Å². The normalized spacial score (nSPS) is 10.8. The summed E-state index contributed by atoms with van der Waals surface area (Å²) in [6.07, 6.45) is 0.597. The van der Waals surface area contributed by atoms with Crippen LogP contribution in [0.25, 0.3) is 22.0 Å². The van der Waals surface area contributed by atoms with Crippen LogP contribution in [-0.2, 0) is 6.42 Å². The van der Waals surface area contributed by atoms with Crippen LogP contribution in [0.5, 0.6) is 5.75 Å². The number of aromatic nitrogens is 1. The number of carboxylic acid groups (broad SMARTS) is 1. The number of aryl methyl sites for hydroxylation is 1. The summed E-state index contributed by atoms with van der Waals surface area (Å²) < 4.78 is 0. The van der Waals surface area contributed by atoms with Gasteiger partial charge in [0.1, 0.15) is 11.3 Å². The lowest BCUT2D eigenvalue weighted by molar-refractivity contribution is 0.0689. The summed E-state index contributed by atoms with van der Waals surface area (Å²) >= 11 is 0. The molecule has 0 fully saturated rings. The van der Waals surface area contributed by atoms with E-state index in [1.807, 2.05) is 6.92 Å². The highest BCUT2D eigenvalue weighted by Crippen LogP contribution is 2.32. The van der Waals surface area contributed by atoms with Crippen molar-refractivity contribution in [2.45, 2.75) is 13.3 Å². The Balaban J connectivity index is 0.000000196. The number of aromatic carboxylic acids is 1. The summed E-state index contributed by atoms with van der Waals surface area (Å²) in [5, 5.41) is 19.3. The molecule has 22 heavy (non-hydrogen) atoms. The van der Waals surface area contributed by atoms with Gasteiger partial charge in [0.15, 0.2) is 5.69 Å². The third-order valence-corrected chi connectivity index (χ3v) is 3.60. The number of hydrogen-bond acceptors (Lipinski definition) is 3. The number of fused-ring (bicyclic) bond motifs is 2. The fourth-order valence-corrected chi connectivity index (χ4v) is 2.36. The summed E-state index contributed by atoms with van der Waals surface area (Å²) in [6.45, 7) is 1.87. The maximum atomic E-state index is 11.0. The molecule has 0 radical (unpaired) electrons. The van der Waals surface area contributed by atoms with Crippen LogP contribution in [0.15, 0.2) is 48.5 Å². The summed E-state index contributed by atoms with van der Waals surface area (Å²) in [4.78, 5) is 15.0. The standard InChI is InChI=1S/C12H11NO3.C6H4/c1-2-7-6-8-4-3-5-9(14)10(8)13-11(7)12(15)16;1-2-5-4-6(5)3-1/h3-6,14H,2H2,1H3,(H,15,16);1-4H. The minimum Gasteiger partial charge on any atom is -0.506 e. The average Bonchev–Trinajstić information content (AvgIpc) is 3.12. The predicted octanol–water partition coefficient (Wildman–Crippen LogP) is 3.87. The second-order valence-electron chi connectivity index (χ2n) is 5.08. The van der Waals surface area contributed by atoms with Gasteiger partial charge in [-0.15, -0.1) is 0 Å². The van der Waals surface area contributed by atoms with E-state index in [2.05, 4.69) is 29.2 Å². The number of benzene rings is 2. The number of phenolic OH excluding ortho intramolecular Hbond substituents is 1. The Morgan fingerprint density at radius 2 is 1.77 bits per heavy atom. The number of para-hydroxylation sites is 1. The molecule has 1 aromatic heterocycles. The SMILES string of the molecule is CCc1cc2cccc(O)c2nc1C(=O)O.c1cc2cc-2c1. The molecule has 110 valence electrons. The van der Waals surface area contributed by atoms with Gasteiger partial charge >= 0.3 is 5.97 Å². The van der Waals surface area contributed by atoms with Crippen LogP contribution in [0.1, 0.15) is 23.0 Å². The monoisotopic (exact) mass is 293 g/mol. The van der Waals surface area contributed by atoms with Crippen molar-refractivity contribution in [3.63, 3.8) is 0 Å². The van der Waals surface area contributed by atoms with Crippen LogP contribution in [0.4, 0.5) is 0 Å². The largest absolute Gasteiger partial charge is 0.506 e. The molecule has 0 saturated heterocycles. The van der Waals surface area contributed by atoms with Crippen molar-refractivity contribution in [1.82, 2.24) is 4.98 Å². The van der Waals surface area contributed by atoms with Crippen LogP contribution >= 0.6 is 0 Å². The lowest BCUT2D eigenvalue weighted by atomic mass is 10.1. The number of aromatic hydroxyl groups is 1. The van der Waals surface area contributed by atoms with Crippen LogP contribution in [0.3, 0.4) is 0 Å². The van der Waals surface area contributed by atoms with Crippen LogP contribution in [0.2, 0.25) is 0 Å². The number of carboxylic acids is 1. The molecule has 4 heteroatoms. The number of rotatable bonds is 2. The first-order chi connectivity index (χ1) is 10.6. The van der Waals surface area contributed by atoms with Crippen molar-refractivity contribution in [3.05, 3.63) is 59.8 Å². The van der Waals surface area contributed by atoms with E-state index in [-0.39, 0.29) is 11.4 Å². The highest BCUT2D eigenvalue weighted by Gasteiger charge is 2.13. The second-order valence-corrected chi connectivity index (χ2v) is 5.08. The van der Waals surface area contributed by atoms with Gasteiger partial charge in [0.05, 0.1) is 0 Å². The molecule has 0 spiro atoms. The van der Waals surface area contributed by atoms with Gasteiger partial charge in [-0.05, 0) is 41.3 Å². The van der Waals surface area contributed by atoms with Crippen molar-refractivity contribution in [1.29, 1.82) is 0 Å². The van der Waals surface area contributed by atoms with E-state index in [4.69, 9.17) is 5.11 Å². The van der Waals surface area contributed by atoms with Gasteiger partial charge in [0, 0.05) is 5.39 Å². The Morgan fingerprint density at radius 3 is 2.27 bits per heavy atom. The van der Waals surface area contributed by atoms with Crippen molar-refractivity contribution in [3.8, 4) is 16.9 Å². The summed E-state index contributed by atoms with van der Waals surface area (Å²) in [7, 11) is 0. The average molecular weight is 293 g/mol. The molecule has 0 aliphatic heterocycles.